The number of aromatic nitrogens is 1. The molecule has 0 amide bonds. The molecule has 1 aliphatic heterocycles. The van der Waals surface area contributed by atoms with Gasteiger partial charge in [0.1, 0.15) is 24.3 Å². The Morgan fingerprint density at radius 3 is 2.52 bits per heavy atom. The smallest absolute Gasteiger partial charge is 0.337 e. The fraction of sp³-hybridized carbons (Fsp3) is 0.400. The minimum Gasteiger partial charge on any atom is -0.491 e. The maximum absolute atomic E-state index is 11.4. The van der Waals surface area contributed by atoms with Gasteiger partial charge in [-0.3, -0.25) is 4.90 Å². The van der Waals surface area contributed by atoms with Crippen LogP contribution in [0.25, 0.3) is 0 Å². The Kier molecular flexibility index (Phi) is 6.62. The maximum atomic E-state index is 11.4. The molecule has 1 aromatic heterocycles. The van der Waals surface area contributed by atoms with E-state index in [9.17, 15) is 9.90 Å². The molecular formula is C20H25N3O4. The van der Waals surface area contributed by atoms with Crippen molar-refractivity contribution in [2.75, 3.05) is 51.3 Å². The van der Waals surface area contributed by atoms with Gasteiger partial charge in [-0.15, -0.1) is 0 Å². The van der Waals surface area contributed by atoms with Gasteiger partial charge in [0.15, 0.2) is 0 Å². The van der Waals surface area contributed by atoms with Crippen LogP contribution in [0.5, 0.6) is 5.75 Å². The van der Waals surface area contributed by atoms with Crippen molar-refractivity contribution in [3.05, 3.63) is 54.2 Å². The highest BCUT2D eigenvalue weighted by molar-refractivity contribution is 5.89. The number of carbonyl (C=O) groups is 1. The molecule has 7 heteroatoms. The number of anilines is 1. The van der Waals surface area contributed by atoms with Gasteiger partial charge in [-0.25, -0.2) is 9.78 Å². The number of carbonyl (C=O) groups excluding carboxylic acids is 1. The van der Waals surface area contributed by atoms with E-state index >= 15 is 0 Å². The third-order valence-electron chi connectivity index (χ3n) is 4.53. The summed E-state index contributed by atoms with van der Waals surface area (Å²) in [5, 5.41) is 10.3. The lowest BCUT2D eigenvalue weighted by Gasteiger charge is -2.36. The lowest BCUT2D eigenvalue weighted by Crippen LogP contribution is -2.49. The lowest BCUT2D eigenvalue weighted by atomic mass is 10.2. The number of nitrogens with zero attached hydrogens (tertiary/aromatic N) is 3. The zero-order chi connectivity index (χ0) is 19.1. The number of aliphatic hydroxyl groups excluding tert-OH is 1. The lowest BCUT2D eigenvalue weighted by molar-refractivity contribution is 0.0599. The van der Waals surface area contributed by atoms with E-state index in [1.54, 1.807) is 30.5 Å². The van der Waals surface area contributed by atoms with Crippen molar-refractivity contribution in [1.29, 1.82) is 0 Å². The third-order valence-corrected chi connectivity index (χ3v) is 4.53. The van der Waals surface area contributed by atoms with E-state index in [2.05, 4.69) is 19.5 Å². The van der Waals surface area contributed by atoms with Gasteiger partial charge >= 0.3 is 5.97 Å². The molecule has 0 aliphatic carbocycles. The molecule has 3 rings (SSSR count). The highest BCUT2D eigenvalue weighted by atomic mass is 16.5. The van der Waals surface area contributed by atoms with Crippen LogP contribution in [-0.2, 0) is 4.74 Å². The number of β-amino-alcohol motifs (C(OH)–C–C–N with tert-alkyl or cyclic N) is 1. The van der Waals surface area contributed by atoms with Gasteiger partial charge in [-0.05, 0) is 36.4 Å². The minimum atomic E-state index is -0.577. The Balaban J connectivity index is 1.40. The van der Waals surface area contributed by atoms with Crippen LogP contribution in [0.3, 0.4) is 0 Å². The molecule has 144 valence electrons. The number of hydrogen-bond donors (Lipinski definition) is 1. The number of esters is 1. The van der Waals surface area contributed by atoms with Gasteiger partial charge < -0.3 is 19.5 Å². The normalized spacial score (nSPS) is 16.0. The van der Waals surface area contributed by atoms with Gasteiger partial charge in [0.05, 0.1) is 12.7 Å². The molecule has 27 heavy (non-hydrogen) atoms. The zero-order valence-corrected chi connectivity index (χ0v) is 15.5. The molecule has 0 bridgehead atoms. The van der Waals surface area contributed by atoms with Gasteiger partial charge in [0.25, 0.3) is 0 Å². The molecular weight excluding hydrogens is 346 g/mol. The Morgan fingerprint density at radius 1 is 1.15 bits per heavy atom. The minimum absolute atomic E-state index is 0.206. The number of pyridine rings is 1. The number of benzene rings is 1. The van der Waals surface area contributed by atoms with Gasteiger partial charge in [0, 0.05) is 38.9 Å². The molecule has 1 fully saturated rings. The Morgan fingerprint density at radius 2 is 1.89 bits per heavy atom. The predicted octanol–water partition coefficient (Wildman–Crippen LogP) is 1.43. The van der Waals surface area contributed by atoms with Crippen molar-refractivity contribution in [2.45, 2.75) is 6.10 Å². The van der Waals surface area contributed by atoms with Gasteiger partial charge in [0.2, 0.25) is 0 Å². The van der Waals surface area contributed by atoms with Crippen molar-refractivity contribution >= 4 is 11.8 Å². The van der Waals surface area contributed by atoms with E-state index < -0.39 is 6.10 Å². The first-order chi connectivity index (χ1) is 13.2. The first-order valence-electron chi connectivity index (χ1n) is 9.03. The van der Waals surface area contributed by atoms with Gasteiger partial charge in [-0.1, -0.05) is 6.07 Å². The average molecular weight is 371 g/mol. The van der Waals surface area contributed by atoms with Crippen molar-refractivity contribution < 1.29 is 19.4 Å². The molecule has 1 N–H and O–H groups in total. The number of ether oxygens (including phenoxy) is 2. The second-order valence-electron chi connectivity index (χ2n) is 6.46. The van der Waals surface area contributed by atoms with E-state index in [4.69, 9.17) is 4.74 Å². The van der Waals surface area contributed by atoms with Crippen LogP contribution in [0, 0.1) is 0 Å². The Labute approximate surface area is 159 Å². The van der Waals surface area contributed by atoms with Gasteiger partial charge in [-0.2, -0.15) is 0 Å². The summed E-state index contributed by atoms with van der Waals surface area (Å²) in [7, 11) is 1.35. The molecule has 1 aliphatic rings. The fourth-order valence-corrected chi connectivity index (χ4v) is 3.05. The number of methoxy groups -OCH3 is 1. The summed E-state index contributed by atoms with van der Waals surface area (Å²) in [5.41, 5.74) is 0.469. The first kappa shape index (κ1) is 19.1. The zero-order valence-electron chi connectivity index (χ0n) is 15.5. The van der Waals surface area contributed by atoms with Crippen molar-refractivity contribution in [1.82, 2.24) is 9.88 Å². The standard InChI is InChI=1S/C20H25N3O4/c1-26-20(25)16-5-7-18(8-6-16)27-15-17(24)14-22-10-12-23(13-11-22)19-4-2-3-9-21-19/h2-9,17,24H,10-15H2,1H3. The van der Waals surface area contributed by atoms with Crippen LogP contribution in [-0.4, -0.2) is 73.5 Å². The van der Waals surface area contributed by atoms with Crippen molar-refractivity contribution in [3.63, 3.8) is 0 Å². The van der Waals surface area contributed by atoms with Crippen LogP contribution in [0.15, 0.2) is 48.7 Å². The Bertz CT molecular complexity index is 716. The highest BCUT2D eigenvalue weighted by Crippen LogP contribution is 2.15. The summed E-state index contributed by atoms with van der Waals surface area (Å²) in [6, 6.07) is 12.6. The molecule has 2 aromatic rings. The average Bonchev–Trinajstić information content (AvgIpc) is 2.73. The monoisotopic (exact) mass is 371 g/mol. The van der Waals surface area contributed by atoms with Crippen LogP contribution < -0.4 is 9.64 Å². The molecule has 1 saturated heterocycles. The number of piperazine rings is 1. The van der Waals surface area contributed by atoms with E-state index in [-0.39, 0.29) is 12.6 Å². The predicted molar refractivity (Wildman–Crippen MR) is 102 cm³/mol. The number of rotatable bonds is 7. The van der Waals surface area contributed by atoms with E-state index in [1.165, 1.54) is 7.11 Å². The van der Waals surface area contributed by atoms with Crippen LogP contribution in [0.4, 0.5) is 5.82 Å². The SMILES string of the molecule is COC(=O)c1ccc(OCC(O)CN2CCN(c3ccccn3)CC2)cc1. The summed E-state index contributed by atoms with van der Waals surface area (Å²) in [6.07, 6.45) is 1.23. The van der Waals surface area contributed by atoms with Crippen LogP contribution in [0.2, 0.25) is 0 Å². The molecule has 0 radical (unpaired) electrons. The summed E-state index contributed by atoms with van der Waals surface area (Å²) in [4.78, 5) is 20.3. The third kappa shape index (κ3) is 5.42. The largest absolute Gasteiger partial charge is 0.491 e. The summed E-state index contributed by atoms with van der Waals surface area (Å²) >= 11 is 0. The molecule has 0 saturated carbocycles. The number of hydrogen-bond acceptors (Lipinski definition) is 7. The second-order valence-corrected chi connectivity index (χ2v) is 6.46. The number of aliphatic hydroxyl groups is 1. The summed E-state index contributed by atoms with van der Waals surface area (Å²) in [5.74, 6) is 1.23. The van der Waals surface area contributed by atoms with E-state index in [0.717, 1.165) is 32.0 Å². The molecule has 2 heterocycles. The van der Waals surface area contributed by atoms with Crippen molar-refractivity contribution in [3.8, 4) is 5.75 Å². The molecule has 0 spiro atoms. The molecule has 1 aromatic carbocycles. The second kappa shape index (κ2) is 9.34. The van der Waals surface area contributed by atoms with Crippen LogP contribution in [0.1, 0.15) is 10.4 Å². The van der Waals surface area contributed by atoms with E-state index in [1.807, 2.05) is 18.2 Å². The molecule has 1 unspecified atom stereocenters. The highest BCUT2D eigenvalue weighted by Gasteiger charge is 2.20. The van der Waals surface area contributed by atoms with Crippen molar-refractivity contribution in [2.24, 2.45) is 0 Å². The summed E-state index contributed by atoms with van der Waals surface area (Å²) in [6.45, 7) is 4.30. The molecule has 7 nitrogen and oxygen atoms in total. The topological polar surface area (TPSA) is 75.1 Å². The first-order valence-corrected chi connectivity index (χ1v) is 9.03. The Hall–Kier alpha value is -2.64. The van der Waals surface area contributed by atoms with E-state index in [0.29, 0.717) is 17.9 Å². The van der Waals surface area contributed by atoms with Crippen LogP contribution >= 0.6 is 0 Å². The quantitative estimate of drug-likeness (QED) is 0.738. The molecule has 1 atom stereocenters. The maximum Gasteiger partial charge on any atom is 0.337 e. The fourth-order valence-electron chi connectivity index (χ4n) is 3.05. The summed E-state index contributed by atoms with van der Waals surface area (Å²) < 4.78 is 10.3.